The number of methoxy groups -OCH3 is 4. The van der Waals surface area contributed by atoms with Crippen LogP contribution in [0.15, 0.2) is 60.2 Å². The van der Waals surface area contributed by atoms with Gasteiger partial charge in [-0.15, -0.1) is 0 Å². The summed E-state index contributed by atoms with van der Waals surface area (Å²) in [5, 5.41) is 11.9. The Hall–Kier alpha value is -4.17. The number of benzene rings is 3. The van der Waals surface area contributed by atoms with Gasteiger partial charge in [-0.25, -0.2) is 0 Å². The highest BCUT2D eigenvalue weighted by molar-refractivity contribution is 6.52. The van der Waals surface area contributed by atoms with E-state index in [1.54, 1.807) is 48.5 Å². The van der Waals surface area contributed by atoms with E-state index in [1.165, 1.54) is 39.4 Å². The van der Waals surface area contributed by atoms with Crippen LogP contribution in [0.4, 0.5) is 5.69 Å². The van der Waals surface area contributed by atoms with Gasteiger partial charge in [-0.3, -0.25) is 14.5 Å². The Labute approximate surface area is 219 Å². The Morgan fingerprint density at radius 1 is 0.838 bits per heavy atom. The lowest BCUT2D eigenvalue weighted by molar-refractivity contribution is -0.132. The van der Waals surface area contributed by atoms with Crippen molar-refractivity contribution >= 4 is 34.7 Å². The fraction of sp³-hybridized carbons (Fsp3) is 0.214. The number of hydrogen-bond donors (Lipinski definition) is 1. The van der Waals surface area contributed by atoms with Gasteiger partial charge in [0.05, 0.1) is 45.6 Å². The minimum atomic E-state index is -1.01. The summed E-state index contributed by atoms with van der Waals surface area (Å²) in [6.45, 7) is 1.81. The second-order valence-corrected chi connectivity index (χ2v) is 8.72. The van der Waals surface area contributed by atoms with Crippen molar-refractivity contribution in [3.8, 4) is 23.0 Å². The Kier molecular flexibility index (Phi) is 7.31. The maximum absolute atomic E-state index is 13.5. The van der Waals surface area contributed by atoms with Gasteiger partial charge in [0, 0.05) is 10.7 Å². The van der Waals surface area contributed by atoms with Crippen LogP contribution in [0.25, 0.3) is 5.76 Å². The predicted molar refractivity (Wildman–Crippen MR) is 140 cm³/mol. The Morgan fingerprint density at radius 2 is 1.51 bits per heavy atom. The molecular formula is C28H26ClNO7. The lowest BCUT2D eigenvalue weighted by Gasteiger charge is -2.27. The van der Waals surface area contributed by atoms with E-state index in [4.69, 9.17) is 30.5 Å². The standard InChI is InChI=1S/C28H26ClNO7/c1-15-6-8-17(29)13-20(15)30-25(16-7-10-22(36-4)23(12-16)37-5)24(27(32)28(30)33)26(31)19-14-18(34-2)9-11-21(19)35-3/h6-14,25,31H,1-5H3/b26-24+. The zero-order chi connectivity index (χ0) is 26.9. The molecule has 37 heavy (non-hydrogen) atoms. The summed E-state index contributed by atoms with van der Waals surface area (Å²) in [7, 11) is 5.92. The minimum Gasteiger partial charge on any atom is -0.507 e. The lowest BCUT2D eigenvalue weighted by atomic mass is 9.94. The number of nitrogens with zero attached hydrogens (tertiary/aromatic N) is 1. The second kappa shape index (κ2) is 10.4. The molecule has 1 amide bonds. The molecule has 192 valence electrons. The average Bonchev–Trinajstić information content (AvgIpc) is 3.18. The van der Waals surface area contributed by atoms with Crippen molar-refractivity contribution < 1.29 is 33.6 Å². The van der Waals surface area contributed by atoms with E-state index in [-0.39, 0.29) is 11.1 Å². The van der Waals surface area contributed by atoms with E-state index in [1.807, 2.05) is 6.92 Å². The molecule has 0 aromatic heterocycles. The van der Waals surface area contributed by atoms with E-state index >= 15 is 0 Å². The first-order valence-corrected chi connectivity index (χ1v) is 11.6. The number of carbonyl (C=O) groups is 2. The lowest BCUT2D eigenvalue weighted by Crippen LogP contribution is -2.30. The van der Waals surface area contributed by atoms with E-state index in [0.29, 0.717) is 39.3 Å². The number of ketones is 1. The summed E-state index contributed by atoms with van der Waals surface area (Å²) in [4.78, 5) is 28.4. The summed E-state index contributed by atoms with van der Waals surface area (Å²) < 4.78 is 21.6. The van der Waals surface area contributed by atoms with Crippen LogP contribution in [0.3, 0.4) is 0 Å². The van der Waals surface area contributed by atoms with Gasteiger partial charge in [-0.05, 0) is 60.5 Å². The highest BCUT2D eigenvalue weighted by atomic mass is 35.5. The molecular weight excluding hydrogens is 498 g/mol. The maximum atomic E-state index is 13.5. The minimum absolute atomic E-state index is 0.122. The highest BCUT2D eigenvalue weighted by Crippen LogP contribution is 2.46. The SMILES string of the molecule is COc1ccc(OC)c(/C(O)=C2\C(=O)C(=O)N(c3cc(Cl)ccc3C)C2c2ccc(OC)c(OC)c2)c1. The molecule has 0 aliphatic carbocycles. The monoisotopic (exact) mass is 523 g/mol. The van der Waals surface area contributed by atoms with Gasteiger partial charge in [-0.2, -0.15) is 0 Å². The van der Waals surface area contributed by atoms with Gasteiger partial charge in [0.1, 0.15) is 17.3 Å². The van der Waals surface area contributed by atoms with Crippen LogP contribution in [0.1, 0.15) is 22.7 Å². The summed E-state index contributed by atoms with van der Waals surface area (Å²) in [5.74, 6) is -0.477. The first kappa shape index (κ1) is 25.9. The van der Waals surface area contributed by atoms with Crippen LogP contribution in [0, 0.1) is 6.92 Å². The normalized spacial score (nSPS) is 16.6. The molecule has 0 spiro atoms. The number of ether oxygens (including phenoxy) is 4. The molecule has 0 radical (unpaired) electrons. The summed E-state index contributed by atoms with van der Waals surface area (Å²) in [5.41, 5.74) is 1.75. The third-order valence-corrected chi connectivity index (χ3v) is 6.50. The zero-order valence-corrected chi connectivity index (χ0v) is 21.8. The molecule has 4 rings (SSSR count). The summed E-state index contributed by atoms with van der Waals surface area (Å²) >= 11 is 6.28. The van der Waals surface area contributed by atoms with Gasteiger partial charge in [0.25, 0.3) is 11.7 Å². The first-order chi connectivity index (χ1) is 17.7. The van der Waals surface area contributed by atoms with Gasteiger partial charge >= 0.3 is 0 Å². The van der Waals surface area contributed by atoms with Crippen LogP contribution in [-0.4, -0.2) is 45.2 Å². The van der Waals surface area contributed by atoms with Crippen molar-refractivity contribution in [3.05, 3.63) is 81.9 Å². The maximum Gasteiger partial charge on any atom is 0.300 e. The highest BCUT2D eigenvalue weighted by Gasteiger charge is 2.48. The molecule has 0 saturated carbocycles. The topological polar surface area (TPSA) is 94.5 Å². The zero-order valence-electron chi connectivity index (χ0n) is 21.0. The fourth-order valence-corrected chi connectivity index (χ4v) is 4.57. The number of rotatable bonds is 7. The molecule has 1 atom stereocenters. The Bertz CT molecular complexity index is 1420. The molecule has 8 nitrogen and oxygen atoms in total. The van der Waals surface area contributed by atoms with Crippen molar-refractivity contribution in [2.45, 2.75) is 13.0 Å². The number of amides is 1. The Balaban J connectivity index is 2.04. The van der Waals surface area contributed by atoms with Gasteiger partial charge < -0.3 is 24.1 Å². The van der Waals surface area contributed by atoms with Crippen molar-refractivity contribution in [2.75, 3.05) is 33.3 Å². The quantitative estimate of drug-likeness (QED) is 0.255. The van der Waals surface area contributed by atoms with Crippen molar-refractivity contribution in [3.63, 3.8) is 0 Å². The molecule has 9 heteroatoms. The molecule has 0 bridgehead atoms. The van der Waals surface area contributed by atoms with E-state index in [9.17, 15) is 14.7 Å². The van der Waals surface area contributed by atoms with E-state index in [2.05, 4.69) is 0 Å². The molecule has 1 unspecified atom stereocenters. The number of carbonyl (C=O) groups excluding carboxylic acids is 2. The number of aliphatic hydroxyl groups is 1. The van der Waals surface area contributed by atoms with Crippen molar-refractivity contribution in [1.82, 2.24) is 0 Å². The first-order valence-electron chi connectivity index (χ1n) is 11.3. The van der Waals surface area contributed by atoms with Gasteiger partial charge in [0.15, 0.2) is 11.5 Å². The molecule has 1 heterocycles. The number of anilines is 1. The Morgan fingerprint density at radius 3 is 2.16 bits per heavy atom. The van der Waals surface area contributed by atoms with Crippen LogP contribution in [0.2, 0.25) is 5.02 Å². The third kappa shape index (κ3) is 4.56. The molecule has 3 aromatic carbocycles. The number of Topliss-reactive ketones (excluding diaryl/α,β-unsaturated/α-hetero) is 1. The van der Waals surface area contributed by atoms with Gasteiger partial charge in [-0.1, -0.05) is 23.7 Å². The fourth-order valence-electron chi connectivity index (χ4n) is 4.41. The number of hydrogen-bond acceptors (Lipinski definition) is 7. The van der Waals surface area contributed by atoms with Gasteiger partial charge in [0.2, 0.25) is 0 Å². The molecule has 3 aromatic rings. The van der Waals surface area contributed by atoms with Crippen LogP contribution in [-0.2, 0) is 9.59 Å². The largest absolute Gasteiger partial charge is 0.507 e. The number of halogens is 1. The summed E-state index contributed by atoms with van der Waals surface area (Å²) in [6.07, 6.45) is 0. The van der Waals surface area contributed by atoms with Crippen LogP contribution >= 0.6 is 11.6 Å². The third-order valence-electron chi connectivity index (χ3n) is 6.26. The molecule has 1 aliphatic heterocycles. The molecule has 1 N–H and O–H groups in total. The molecule has 1 fully saturated rings. The molecule has 1 aliphatic rings. The van der Waals surface area contributed by atoms with Crippen molar-refractivity contribution in [2.24, 2.45) is 0 Å². The number of aliphatic hydroxyl groups excluding tert-OH is 1. The smallest absolute Gasteiger partial charge is 0.300 e. The van der Waals surface area contributed by atoms with E-state index < -0.39 is 23.5 Å². The van der Waals surface area contributed by atoms with Crippen LogP contribution < -0.4 is 23.8 Å². The average molecular weight is 524 g/mol. The predicted octanol–water partition coefficient (Wildman–Crippen LogP) is 5.31. The van der Waals surface area contributed by atoms with E-state index in [0.717, 1.165) is 5.56 Å². The summed E-state index contributed by atoms with van der Waals surface area (Å²) in [6, 6.07) is 13.9. The second-order valence-electron chi connectivity index (χ2n) is 8.28. The van der Waals surface area contributed by atoms with Crippen LogP contribution in [0.5, 0.6) is 23.0 Å². The van der Waals surface area contributed by atoms with Crippen molar-refractivity contribution in [1.29, 1.82) is 0 Å². The molecule has 1 saturated heterocycles. The number of aryl methyl sites for hydroxylation is 1.